The van der Waals surface area contributed by atoms with Crippen molar-refractivity contribution in [2.75, 3.05) is 13.1 Å². The second-order valence-corrected chi connectivity index (χ2v) is 6.90. The number of nitrogens with two attached hydrogens (primary N) is 1. The minimum absolute atomic E-state index is 0.0124. The summed E-state index contributed by atoms with van der Waals surface area (Å²) in [6.07, 6.45) is 9.95. The predicted octanol–water partition coefficient (Wildman–Crippen LogP) is 2.02. The molecule has 1 saturated carbocycles. The first-order chi connectivity index (χ1) is 10.1. The monoisotopic (exact) mass is 290 g/mol. The summed E-state index contributed by atoms with van der Waals surface area (Å²) in [6, 6.07) is 0. The highest BCUT2D eigenvalue weighted by molar-refractivity contribution is 5.80. The average molecular weight is 290 g/mol. The van der Waals surface area contributed by atoms with E-state index in [1.165, 1.54) is 0 Å². The molecule has 1 amide bonds. The number of amides is 1. The largest absolute Gasteiger partial charge is 0.348 e. The van der Waals surface area contributed by atoms with Crippen LogP contribution in [-0.4, -0.2) is 39.4 Å². The van der Waals surface area contributed by atoms with Crippen molar-refractivity contribution in [3.8, 4) is 0 Å². The number of carbonyl (C=O) groups excluding carboxylic acids is 1. The van der Waals surface area contributed by atoms with Crippen molar-refractivity contribution >= 4 is 5.91 Å². The summed E-state index contributed by atoms with van der Waals surface area (Å²) in [4.78, 5) is 22.5. The molecule has 1 saturated heterocycles. The van der Waals surface area contributed by atoms with E-state index in [1.54, 1.807) is 6.20 Å². The topological polar surface area (TPSA) is 75.0 Å². The van der Waals surface area contributed by atoms with Crippen LogP contribution in [0.25, 0.3) is 0 Å². The van der Waals surface area contributed by atoms with Crippen LogP contribution in [0.3, 0.4) is 0 Å². The molecular formula is C16H26N4O. The summed E-state index contributed by atoms with van der Waals surface area (Å²) in [6.45, 7) is 3.68. The van der Waals surface area contributed by atoms with Gasteiger partial charge in [0, 0.05) is 36.9 Å². The van der Waals surface area contributed by atoms with E-state index < -0.39 is 0 Å². The molecule has 5 heteroatoms. The number of hydrogen-bond acceptors (Lipinski definition) is 3. The van der Waals surface area contributed by atoms with E-state index in [2.05, 4.69) is 9.97 Å². The van der Waals surface area contributed by atoms with E-state index in [-0.39, 0.29) is 17.4 Å². The molecule has 2 heterocycles. The predicted molar refractivity (Wildman–Crippen MR) is 81.7 cm³/mol. The zero-order valence-corrected chi connectivity index (χ0v) is 12.8. The number of aromatic amines is 1. The van der Waals surface area contributed by atoms with Crippen LogP contribution in [-0.2, 0) is 4.79 Å². The van der Waals surface area contributed by atoms with Crippen molar-refractivity contribution in [1.82, 2.24) is 14.9 Å². The van der Waals surface area contributed by atoms with Gasteiger partial charge in [-0.3, -0.25) is 4.79 Å². The molecule has 21 heavy (non-hydrogen) atoms. The molecule has 5 nitrogen and oxygen atoms in total. The quantitative estimate of drug-likeness (QED) is 0.875. The van der Waals surface area contributed by atoms with E-state index in [9.17, 15) is 4.79 Å². The normalized spacial score (nSPS) is 33.9. The lowest BCUT2D eigenvalue weighted by Gasteiger charge is -2.42. The van der Waals surface area contributed by atoms with Gasteiger partial charge in [0.05, 0.1) is 5.92 Å². The number of H-pyrrole nitrogens is 1. The number of hydrogen-bond donors (Lipinski definition) is 2. The zero-order valence-electron chi connectivity index (χ0n) is 12.8. The van der Waals surface area contributed by atoms with E-state index in [0.717, 1.165) is 57.4 Å². The fourth-order valence-electron chi connectivity index (χ4n) is 3.89. The maximum Gasteiger partial charge on any atom is 0.227 e. The molecule has 0 radical (unpaired) electrons. The molecule has 1 aromatic heterocycles. The minimum atomic E-state index is -0.340. The molecule has 2 fully saturated rings. The van der Waals surface area contributed by atoms with Crippen molar-refractivity contribution in [3.05, 3.63) is 18.2 Å². The Morgan fingerprint density at radius 3 is 3.00 bits per heavy atom. The van der Waals surface area contributed by atoms with Crippen molar-refractivity contribution in [3.63, 3.8) is 0 Å². The molecule has 1 aliphatic carbocycles. The Morgan fingerprint density at radius 1 is 1.43 bits per heavy atom. The Balaban J connectivity index is 1.69. The van der Waals surface area contributed by atoms with Gasteiger partial charge in [-0.2, -0.15) is 0 Å². The number of piperidine rings is 1. The third-order valence-corrected chi connectivity index (χ3v) is 5.19. The summed E-state index contributed by atoms with van der Waals surface area (Å²) >= 11 is 0. The Morgan fingerprint density at radius 2 is 2.29 bits per heavy atom. The SMILES string of the molecule is CC1(N)CCCCC1C(=O)N1CCCC(c2ncc[nH]2)C1. The number of nitrogens with one attached hydrogen (secondary N) is 1. The number of rotatable bonds is 2. The van der Waals surface area contributed by atoms with Crippen molar-refractivity contribution in [1.29, 1.82) is 0 Å². The Kier molecular flexibility index (Phi) is 4.02. The number of aromatic nitrogens is 2. The van der Waals surface area contributed by atoms with Gasteiger partial charge in [0.15, 0.2) is 0 Å². The second kappa shape index (κ2) is 5.79. The average Bonchev–Trinajstić information content (AvgIpc) is 3.00. The molecule has 116 valence electrons. The van der Waals surface area contributed by atoms with Gasteiger partial charge in [-0.25, -0.2) is 4.98 Å². The molecule has 0 aromatic carbocycles. The van der Waals surface area contributed by atoms with E-state index in [0.29, 0.717) is 5.92 Å². The highest BCUT2D eigenvalue weighted by Gasteiger charge is 2.40. The minimum Gasteiger partial charge on any atom is -0.348 e. The van der Waals surface area contributed by atoms with Crippen molar-refractivity contribution in [2.24, 2.45) is 11.7 Å². The molecule has 0 spiro atoms. The van der Waals surface area contributed by atoms with Gasteiger partial charge in [0.25, 0.3) is 0 Å². The fourth-order valence-corrected chi connectivity index (χ4v) is 3.89. The van der Waals surface area contributed by atoms with Crippen LogP contribution in [0.2, 0.25) is 0 Å². The first-order valence-corrected chi connectivity index (χ1v) is 8.15. The highest BCUT2D eigenvalue weighted by Crippen LogP contribution is 2.34. The van der Waals surface area contributed by atoms with E-state index in [1.807, 2.05) is 18.0 Å². The lowest BCUT2D eigenvalue weighted by atomic mass is 9.73. The van der Waals surface area contributed by atoms with Crippen LogP contribution in [0.15, 0.2) is 12.4 Å². The summed E-state index contributed by atoms with van der Waals surface area (Å²) in [7, 11) is 0. The van der Waals surface area contributed by atoms with Crippen LogP contribution in [0.1, 0.15) is 57.2 Å². The maximum absolute atomic E-state index is 12.9. The van der Waals surface area contributed by atoms with Gasteiger partial charge in [0.1, 0.15) is 5.82 Å². The molecule has 2 aliphatic rings. The standard InChI is InChI=1S/C16H26N4O/c1-16(17)7-3-2-6-13(16)15(21)20-10-4-5-12(11-20)14-18-8-9-19-14/h8-9,12-13H,2-7,10-11,17H2,1H3,(H,18,19). The third-order valence-electron chi connectivity index (χ3n) is 5.19. The highest BCUT2D eigenvalue weighted by atomic mass is 16.2. The van der Waals surface area contributed by atoms with Crippen LogP contribution in [0.5, 0.6) is 0 Å². The van der Waals surface area contributed by atoms with E-state index >= 15 is 0 Å². The van der Waals surface area contributed by atoms with Crippen LogP contribution in [0.4, 0.5) is 0 Å². The molecule has 3 atom stereocenters. The van der Waals surface area contributed by atoms with Gasteiger partial charge in [0.2, 0.25) is 5.91 Å². The summed E-state index contributed by atoms with van der Waals surface area (Å²) in [5.74, 6) is 1.59. The van der Waals surface area contributed by atoms with Gasteiger partial charge < -0.3 is 15.6 Å². The van der Waals surface area contributed by atoms with Gasteiger partial charge in [-0.05, 0) is 32.6 Å². The van der Waals surface area contributed by atoms with Crippen LogP contribution in [0, 0.1) is 5.92 Å². The molecular weight excluding hydrogens is 264 g/mol. The van der Waals surface area contributed by atoms with Gasteiger partial charge in [-0.1, -0.05) is 12.8 Å². The van der Waals surface area contributed by atoms with Gasteiger partial charge in [-0.15, -0.1) is 0 Å². The first kappa shape index (κ1) is 14.6. The molecule has 3 unspecified atom stereocenters. The summed E-state index contributed by atoms with van der Waals surface area (Å²) in [5, 5.41) is 0. The lowest BCUT2D eigenvalue weighted by molar-refractivity contribution is -0.140. The third kappa shape index (κ3) is 2.98. The summed E-state index contributed by atoms with van der Waals surface area (Å²) < 4.78 is 0. The first-order valence-electron chi connectivity index (χ1n) is 8.15. The fraction of sp³-hybridized carbons (Fsp3) is 0.750. The molecule has 1 aromatic rings. The zero-order chi connectivity index (χ0) is 14.9. The van der Waals surface area contributed by atoms with Crippen LogP contribution >= 0.6 is 0 Å². The van der Waals surface area contributed by atoms with E-state index in [4.69, 9.17) is 5.73 Å². The van der Waals surface area contributed by atoms with Crippen LogP contribution < -0.4 is 5.73 Å². The number of likely N-dealkylation sites (tertiary alicyclic amines) is 1. The molecule has 3 rings (SSSR count). The Bertz CT molecular complexity index is 482. The number of nitrogens with zero attached hydrogens (tertiary/aromatic N) is 2. The summed E-state index contributed by atoms with van der Waals surface area (Å²) in [5.41, 5.74) is 6.05. The van der Waals surface area contributed by atoms with Crippen molar-refractivity contribution < 1.29 is 4.79 Å². The number of carbonyl (C=O) groups is 1. The number of imidazole rings is 1. The lowest BCUT2D eigenvalue weighted by Crippen LogP contribution is -2.55. The molecule has 3 N–H and O–H groups in total. The maximum atomic E-state index is 12.9. The Hall–Kier alpha value is -1.36. The van der Waals surface area contributed by atoms with Gasteiger partial charge >= 0.3 is 0 Å². The second-order valence-electron chi connectivity index (χ2n) is 6.90. The smallest absolute Gasteiger partial charge is 0.227 e. The molecule has 1 aliphatic heterocycles. The van der Waals surface area contributed by atoms with Crippen molar-refractivity contribution in [2.45, 2.75) is 56.9 Å². The molecule has 0 bridgehead atoms. The Labute approximate surface area is 126 Å².